The van der Waals surface area contributed by atoms with Gasteiger partial charge in [-0.1, -0.05) is 13.0 Å². The van der Waals surface area contributed by atoms with Crippen molar-refractivity contribution in [2.75, 3.05) is 19.1 Å². The van der Waals surface area contributed by atoms with Crippen molar-refractivity contribution in [3.05, 3.63) is 53.6 Å². The first-order valence-electron chi connectivity index (χ1n) is 11.2. The number of fused-ring (bicyclic) bond motifs is 5. The van der Waals surface area contributed by atoms with Crippen LogP contribution in [-0.4, -0.2) is 25.3 Å². The van der Waals surface area contributed by atoms with Crippen LogP contribution in [0.25, 0.3) is 0 Å². The van der Waals surface area contributed by atoms with Gasteiger partial charge < -0.3 is 14.7 Å². The molecule has 0 bridgehead atoms. The quantitative estimate of drug-likeness (QED) is 0.722. The number of rotatable bonds is 3. The zero-order chi connectivity index (χ0) is 20.2. The van der Waals surface area contributed by atoms with E-state index in [1.807, 2.05) is 12.1 Å². The Morgan fingerprint density at radius 3 is 2.59 bits per heavy atom. The molecular formula is C26H33NO2. The predicted octanol–water partition coefficient (Wildman–Crippen LogP) is 5.76. The molecule has 1 N–H and O–H groups in total. The van der Waals surface area contributed by atoms with Crippen molar-refractivity contribution in [2.45, 2.75) is 57.4 Å². The molecule has 3 nitrogen and oxygen atoms in total. The molecule has 5 atom stereocenters. The highest BCUT2D eigenvalue weighted by Crippen LogP contribution is 2.62. The predicted molar refractivity (Wildman–Crippen MR) is 118 cm³/mol. The second-order valence-corrected chi connectivity index (χ2v) is 9.75. The molecule has 0 spiro atoms. The minimum atomic E-state index is 0.343. The summed E-state index contributed by atoms with van der Waals surface area (Å²) in [5.41, 5.74) is 4.71. The molecule has 0 heterocycles. The van der Waals surface area contributed by atoms with E-state index in [0.717, 1.165) is 23.5 Å². The van der Waals surface area contributed by atoms with Crippen LogP contribution in [0.3, 0.4) is 0 Å². The molecule has 2 aromatic carbocycles. The highest BCUT2D eigenvalue weighted by atomic mass is 16.5. The molecule has 0 saturated heterocycles. The van der Waals surface area contributed by atoms with Gasteiger partial charge in [0, 0.05) is 18.8 Å². The number of aryl methyl sites for hydroxylation is 1. The summed E-state index contributed by atoms with van der Waals surface area (Å²) in [6.07, 6.45) is 7.74. The van der Waals surface area contributed by atoms with Gasteiger partial charge in [-0.2, -0.15) is 0 Å². The summed E-state index contributed by atoms with van der Waals surface area (Å²) in [4.78, 5) is 2.49. The SMILES string of the molecule is COc1ccc2c(c1)CC[C@@H]1[C@@H]2CC[C@@]2(C)[C@H]1CC[C@H]2N(C)c1ccc(O)cc1. The van der Waals surface area contributed by atoms with Gasteiger partial charge in [-0.15, -0.1) is 0 Å². The molecule has 0 unspecified atom stereocenters. The summed E-state index contributed by atoms with van der Waals surface area (Å²) in [6.45, 7) is 2.56. The van der Waals surface area contributed by atoms with Crippen LogP contribution in [0.2, 0.25) is 0 Å². The first-order valence-corrected chi connectivity index (χ1v) is 11.2. The first kappa shape index (κ1) is 18.8. The smallest absolute Gasteiger partial charge is 0.119 e. The van der Waals surface area contributed by atoms with E-state index in [2.05, 4.69) is 49.2 Å². The Morgan fingerprint density at radius 2 is 1.83 bits per heavy atom. The number of aromatic hydroxyl groups is 1. The lowest BCUT2D eigenvalue weighted by atomic mass is 9.55. The van der Waals surface area contributed by atoms with Gasteiger partial charge in [0.25, 0.3) is 0 Å². The molecule has 2 fully saturated rings. The Labute approximate surface area is 174 Å². The Balaban J connectivity index is 1.41. The van der Waals surface area contributed by atoms with Crippen molar-refractivity contribution in [2.24, 2.45) is 17.3 Å². The normalized spacial score (nSPS) is 32.8. The lowest BCUT2D eigenvalue weighted by molar-refractivity contribution is 0.0486. The number of phenols is 1. The topological polar surface area (TPSA) is 32.7 Å². The lowest BCUT2D eigenvalue weighted by Crippen LogP contribution is -2.49. The maximum Gasteiger partial charge on any atom is 0.119 e. The van der Waals surface area contributed by atoms with Crippen molar-refractivity contribution in [1.82, 2.24) is 0 Å². The highest BCUT2D eigenvalue weighted by Gasteiger charge is 2.55. The van der Waals surface area contributed by atoms with Crippen LogP contribution in [0.1, 0.15) is 56.1 Å². The van der Waals surface area contributed by atoms with Crippen LogP contribution in [0, 0.1) is 17.3 Å². The molecule has 3 aliphatic carbocycles. The van der Waals surface area contributed by atoms with Gasteiger partial charge in [-0.25, -0.2) is 0 Å². The van der Waals surface area contributed by atoms with Crippen LogP contribution in [-0.2, 0) is 6.42 Å². The molecule has 0 amide bonds. The van der Waals surface area contributed by atoms with E-state index in [1.54, 1.807) is 12.7 Å². The third kappa shape index (κ3) is 2.93. The van der Waals surface area contributed by atoms with E-state index in [1.165, 1.54) is 49.8 Å². The van der Waals surface area contributed by atoms with Crippen molar-refractivity contribution < 1.29 is 9.84 Å². The summed E-state index contributed by atoms with van der Waals surface area (Å²) in [5.74, 6) is 3.68. The second kappa shape index (κ2) is 6.97. The molecule has 29 heavy (non-hydrogen) atoms. The number of phenolic OH excluding ortho intramolecular Hbond substituents is 1. The summed E-state index contributed by atoms with van der Waals surface area (Å²) < 4.78 is 5.47. The van der Waals surface area contributed by atoms with Crippen LogP contribution in [0.15, 0.2) is 42.5 Å². The van der Waals surface area contributed by atoms with Crippen LogP contribution < -0.4 is 9.64 Å². The van der Waals surface area contributed by atoms with Crippen LogP contribution >= 0.6 is 0 Å². The molecule has 0 aromatic heterocycles. The number of ether oxygens (including phenoxy) is 1. The fourth-order valence-corrected chi connectivity index (χ4v) is 7.16. The Hall–Kier alpha value is -2.16. The summed E-state index contributed by atoms with van der Waals surface area (Å²) >= 11 is 0. The number of benzene rings is 2. The molecule has 154 valence electrons. The molecule has 3 aliphatic rings. The van der Waals surface area contributed by atoms with Gasteiger partial charge in [0.2, 0.25) is 0 Å². The average molecular weight is 392 g/mol. The van der Waals surface area contributed by atoms with Crippen LogP contribution in [0.4, 0.5) is 5.69 Å². The maximum atomic E-state index is 9.66. The largest absolute Gasteiger partial charge is 0.508 e. The molecule has 2 aromatic rings. The van der Waals surface area contributed by atoms with Crippen molar-refractivity contribution >= 4 is 5.69 Å². The molecular weight excluding hydrogens is 358 g/mol. The Kier molecular flexibility index (Phi) is 4.53. The van der Waals surface area contributed by atoms with E-state index in [0.29, 0.717) is 17.2 Å². The summed E-state index contributed by atoms with van der Waals surface area (Å²) in [7, 11) is 4.02. The minimum absolute atomic E-state index is 0.343. The summed E-state index contributed by atoms with van der Waals surface area (Å²) in [5, 5.41) is 9.66. The van der Waals surface area contributed by atoms with Crippen LogP contribution in [0.5, 0.6) is 11.5 Å². The van der Waals surface area contributed by atoms with Crippen molar-refractivity contribution in [1.29, 1.82) is 0 Å². The van der Waals surface area contributed by atoms with E-state index in [4.69, 9.17) is 4.74 Å². The molecule has 0 radical (unpaired) electrons. The second-order valence-electron chi connectivity index (χ2n) is 9.75. The fourth-order valence-electron chi connectivity index (χ4n) is 7.16. The zero-order valence-corrected chi connectivity index (χ0v) is 17.9. The van der Waals surface area contributed by atoms with E-state index in [-0.39, 0.29) is 0 Å². The lowest BCUT2D eigenvalue weighted by Gasteiger charge is -2.52. The number of anilines is 1. The van der Waals surface area contributed by atoms with E-state index >= 15 is 0 Å². The Morgan fingerprint density at radius 1 is 1.03 bits per heavy atom. The molecule has 5 rings (SSSR count). The molecule has 0 aliphatic heterocycles. The van der Waals surface area contributed by atoms with Crippen molar-refractivity contribution in [3.63, 3.8) is 0 Å². The highest BCUT2D eigenvalue weighted by molar-refractivity contribution is 5.50. The van der Waals surface area contributed by atoms with E-state index < -0.39 is 0 Å². The van der Waals surface area contributed by atoms with Gasteiger partial charge in [-0.3, -0.25) is 0 Å². The van der Waals surface area contributed by atoms with E-state index in [9.17, 15) is 5.11 Å². The standard InChI is InChI=1S/C26H33NO2/c1-26-15-14-22-21-11-9-20(29-3)16-17(21)4-10-23(22)24(26)12-13-25(26)27(2)18-5-7-19(28)8-6-18/h5-9,11,16,22-25,28H,4,10,12-15H2,1-3H3/t22-,23-,24+,25-,26+/m1/s1. The number of methoxy groups -OCH3 is 1. The third-order valence-electron chi connectivity index (χ3n) is 8.61. The van der Waals surface area contributed by atoms with Gasteiger partial charge in [0.15, 0.2) is 0 Å². The monoisotopic (exact) mass is 391 g/mol. The maximum absolute atomic E-state index is 9.66. The number of hydrogen-bond donors (Lipinski definition) is 1. The minimum Gasteiger partial charge on any atom is -0.508 e. The van der Waals surface area contributed by atoms with Gasteiger partial charge in [0.1, 0.15) is 11.5 Å². The number of hydrogen-bond acceptors (Lipinski definition) is 3. The van der Waals surface area contributed by atoms with Gasteiger partial charge in [0.05, 0.1) is 7.11 Å². The first-order chi connectivity index (χ1) is 14.0. The average Bonchev–Trinajstić information content (AvgIpc) is 3.10. The Bertz CT molecular complexity index is 892. The third-order valence-corrected chi connectivity index (χ3v) is 8.61. The zero-order valence-electron chi connectivity index (χ0n) is 17.9. The van der Waals surface area contributed by atoms with Gasteiger partial charge >= 0.3 is 0 Å². The number of nitrogens with zero attached hydrogens (tertiary/aromatic N) is 1. The van der Waals surface area contributed by atoms with Gasteiger partial charge in [-0.05, 0) is 109 Å². The summed E-state index contributed by atoms with van der Waals surface area (Å²) in [6, 6.07) is 15.1. The fraction of sp³-hybridized carbons (Fsp3) is 0.538. The molecule has 2 saturated carbocycles. The van der Waals surface area contributed by atoms with Crippen molar-refractivity contribution in [3.8, 4) is 11.5 Å². The molecule has 3 heteroatoms.